The summed E-state index contributed by atoms with van der Waals surface area (Å²) in [6, 6.07) is 24.6. The van der Waals surface area contributed by atoms with Gasteiger partial charge in [0.25, 0.3) is 5.91 Å². The van der Waals surface area contributed by atoms with Gasteiger partial charge in [0.2, 0.25) is 5.91 Å². The quantitative estimate of drug-likeness (QED) is 0.0686. The second-order valence-corrected chi connectivity index (χ2v) is 13.7. The number of amides is 3. The molecule has 0 aliphatic carbocycles. The third-order valence-electron chi connectivity index (χ3n) is 9.59. The van der Waals surface area contributed by atoms with Gasteiger partial charge in [0.05, 0.1) is 62.8 Å². The molecule has 0 fully saturated rings. The van der Waals surface area contributed by atoms with E-state index >= 15 is 0 Å². The Labute approximate surface area is 329 Å². The molecule has 302 valence electrons. The number of imide groups is 1. The van der Waals surface area contributed by atoms with Crippen LogP contribution in [-0.2, 0) is 41.5 Å². The number of aliphatic hydroxyl groups is 1. The molecule has 0 aliphatic rings. The molecule has 0 spiro atoms. The van der Waals surface area contributed by atoms with Gasteiger partial charge in [-0.1, -0.05) is 105 Å². The number of benzene rings is 3. The lowest BCUT2D eigenvalue weighted by molar-refractivity contribution is -0.149. The minimum atomic E-state index is -1.36. The first kappa shape index (κ1) is 43.8. The van der Waals surface area contributed by atoms with E-state index in [2.05, 4.69) is 15.3 Å². The summed E-state index contributed by atoms with van der Waals surface area (Å²) in [5, 5.41) is 14.6. The summed E-state index contributed by atoms with van der Waals surface area (Å²) >= 11 is 0. The number of carbonyl (C=O) groups is 3. The van der Waals surface area contributed by atoms with Gasteiger partial charge in [-0.25, -0.2) is 9.78 Å². The molecule has 4 rings (SSSR count). The molecule has 0 unspecified atom stereocenters. The number of para-hydroxylation sites is 2. The topological polar surface area (TPSA) is 178 Å². The number of nitrogens with one attached hydrogen (secondary N) is 2. The van der Waals surface area contributed by atoms with Gasteiger partial charge in [-0.05, 0) is 47.9 Å². The lowest BCUT2D eigenvalue weighted by atomic mass is 9.87. The van der Waals surface area contributed by atoms with E-state index in [-0.39, 0.29) is 38.0 Å². The van der Waals surface area contributed by atoms with E-state index in [9.17, 15) is 19.5 Å². The van der Waals surface area contributed by atoms with Crippen LogP contribution in [0.15, 0.2) is 91.0 Å². The fourth-order valence-corrected chi connectivity index (χ4v) is 6.09. The maximum atomic E-state index is 14.7. The van der Waals surface area contributed by atoms with Crippen LogP contribution in [0.3, 0.4) is 0 Å². The largest absolute Gasteiger partial charge is 0.447 e. The first-order valence-corrected chi connectivity index (χ1v) is 19.3. The molecule has 0 saturated carbocycles. The number of nitrogens with two attached hydrogens (primary N) is 1. The number of rotatable bonds is 24. The maximum absolute atomic E-state index is 14.7. The van der Waals surface area contributed by atoms with E-state index in [1.54, 1.807) is 7.11 Å². The Bertz CT molecular complexity index is 1750. The number of aromatic nitrogens is 2. The molecule has 0 saturated heterocycles. The number of aliphatic hydroxyl groups excluding tert-OH is 1. The highest BCUT2D eigenvalue weighted by molar-refractivity contribution is 6.01. The van der Waals surface area contributed by atoms with Gasteiger partial charge in [-0.3, -0.25) is 14.5 Å². The number of allylic oxidation sites excluding steroid dienone is 1. The molecule has 4 aromatic rings. The number of methoxy groups -OCH3 is 1. The van der Waals surface area contributed by atoms with Crippen molar-refractivity contribution in [2.75, 3.05) is 46.8 Å². The number of ether oxygens (including phenoxy) is 4. The molecule has 13 nitrogen and oxygen atoms in total. The van der Waals surface area contributed by atoms with Gasteiger partial charge in [-0.2, -0.15) is 0 Å². The molecule has 3 amide bonds. The van der Waals surface area contributed by atoms with E-state index in [1.807, 2.05) is 111 Å². The standard InChI is InChI=1S/C43H57N5O8/c1-4-31(2)40(44)42(51)48(30-39-45-35-20-11-12-21-36(35)46-39)41(50)37(47-43(52)56-27-26-55-25-24-54-23-22-53-3)29-38(49)34(28-33-16-9-6-10-17-33)19-13-18-32-14-7-5-8-15-32/h5-18,20-21,31,34,37-38,40,49H,4,19,22-30,44H2,1-3H3,(H,45,46)(H,47,52)/t31-,34-,37+,38-,40-/m0/s1. The van der Waals surface area contributed by atoms with Crippen molar-refractivity contribution in [2.45, 2.75) is 64.3 Å². The minimum absolute atomic E-state index is 0.0929. The molecule has 0 aliphatic heterocycles. The van der Waals surface area contributed by atoms with E-state index in [0.717, 1.165) is 21.5 Å². The molecule has 0 radical (unpaired) electrons. The van der Waals surface area contributed by atoms with Crippen LogP contribution < -0.4 is 11.1 Å². The molecule has 1 aromatic heterocycles. The monoisotopic (exact) mass is 771 g/mol. The summed E-state index contributed by atoms with van der Waals surface area (Å²) in [5.41, 5.74) is 9.86. The van der Waals surface area contributed by atoms with Crippen LogP contribution in [0.25, 0.3) is 17.1 Å². The zero-order chi connectivity index (χ0) is 40.1. The molecule has 5 atom stereocenters. The predicted octanol–water partition coefficient (Wildman–Crippen LogP) is 5.28. The third-order valence-corrected chi connectivity index (χ3v) is 9.59. The van der Waals surface area contributed by atoms with Gasteiger partial charge >= 0.3 is 6.09 Å². The number of hydrogen-bond donors (Lipinski definition) is 4. The molecule has 1 heterocycles. The smallest absolute Gasteiger partial charge is 0.407 e. The van der Waals surface area contributed by atoms with Crippen molar-refractivity contribution in [3.05, 3.63) is 108 Å². The molecular formula is C43H57N5O8. The fraction of sp³-hybridized carbons (Fsp3) is 0.442. The van der Waals surface area contributed by atoms with Crippen LogP contribution in [0.2, 0.25) is 0 Å². The fourth-order valence-electron chi connectivity index (χ4n) is 6.09. The predicted molar refractivity (Wildman–Crippen MR) is 215 cm³/mol. The first-order valence-electron chi connectivity index (χ1n) is 19.3. The highest BCUT2D eigenvalue weighted by atomic mass is 16.6. The number of imidazole rings is 1. The number of alkyl carbamates (subject to hydrolysis) is 1. The Morgan fingerprint density at radius 2 is 1.54 bits per heavy atom. The van der Waals surface area contributed by atoms with Gasteiger partial charge in [0, 0.05) is 13.5 Å². The molecular weight excluding hydrogens is 715 g/mol. The average molecular weight is 772 g/mol. The van der Waals surface area contributed by atoms with Gasteiger partial charge in [-0.15, -0.1) is 0 Å². The molecule has 56 heavy (non-hydrogen) atoms. The Hall–Kier alpha value is -4.92. The highest BCUT2D eigenvalue weighted by Crippen LogP contribution is 2.23. The second-order valence-electron chi connectivity index (χ2n) is 13.7. The normalized spacial score (nSPS) is 14.2. The van der Waals surface area contributed by atoms with E-state index in [4.69, 9.17) is 24.7 Å². The van der Waals surface area contributed by atoms with Crippen molar-refractivity contribution in [1.29, 1.82) is 0 Å². The molecule has 0 bridgehead atoms. The van der Waals surface area contributed by atoms with Crippen molar-refractivity contribution in [2.24, 2.45) is 17.6 Å². The van der Waals surface area contributed by atoms with Crippen LogP contribution in [0.5, 0.6) is 0 Å². The number of hydrogen-bond acceptors (Lipinski definition) is 10. The van der Waals surface area contributed by atoms with Gasteiger partial charge in [0.1, 0.15) is 18.5 Å². The molecule has 13 heteroatoms. The van der Waals surface area contributed by atoms with Crippen LogP contribution in [-0.4, -0.2) is 103 Å². The zero-order valence-corrected chi connectivity index (χ0v) is 32.7. The van der Waals surface area contributed by atoms with Gasteiger partial charge < -0.3 is 40.1 Å². The Balaban J connectivity index is 1.58. The van der Waals surface area contributed by atoms with E-state index in [1.165, 1.54) is 0 Å². The van der Waals surface area contributed by atoms with Crippen molar-refractivity contribution in [1.82, 2.24) is 20.2 Å². The summed E-state index contributed by atoms with van der Waals surface area (Å²) in [6.45, 7) is 5.07. The summed E-state index contributed by atoms with van der Waals surface area (Å²) < 4.78 is 21.2. The highest BCUT2D eigenvalue weighted by Gasteiger charge is 2.37. The summed E-state index contributed by atoms with van der Waals surface area (Å²) in [6.07, 6.45) is 3.37. The first-order chi connectivity index (χ1) is 27.2. The number of H-pyrrole nitrogens is 1. The maximum Gasteiger partial charge on any atom is 0.407 e. The lowest BCUT2D eigenvalue weighted by Gasteiger charge is -2.31. The van der Waals surface area contributed by atoms with Crippen molar-refractivity contribution in [3.8, 4) is 0 Å². The molecule has 3 aromatic carbocycles. The van der Waals surface area contributed by atoms with Crippen LogP contribution in [0.4, 0.5) is 4.79 Å². The summed E-state index contributed by atoms with van der Waals surface area (Å²) in [7, 11) is 1.59. The zero-order valence-electron chi connectivity index (χ0n) is 32.7. The Morgan fingerprint density at radius 1 is 0.893 bits per heavy atom. The second kappa shape index (κ2) is 23.9. The van der Waals surface area contributed by atoms with Crippen LogP contribution in [0.1, 0.15) is 50.1 Å². The lowest BCUT2D eigenvalue weighted by Crippen LogP contribution is -2.56. The Morgan fingerprint density at radius 3 is 2.21 bits per heavy atom. The van der Waals surface area contributed by atoms with Crippen molar-refractivity contribution in [3.63, 3.8) is 0 Å². The third kappa shape index (κ3) is 14.3. The van der Waals surface area contributed by atoms with Crippen molar-refractivity contribution < 1.29 is 38.4 Å². The SMILES string of the molecule is CC[C@H](C)[C@H](N)C(=O)N(Cc1nc2ccccc2[nH]1)C(=O)[C@@H](C[C@H](O)[C@@H](CC=Cc1ccccc1)Cc1ccccc1)NC(=O)OCCOCCOCCOC. The van der Waals surface area contributed by atoms with Crippen molar-refractivity contribution >= 4 is 35.0 Å². The van der Waals surface area contributed by atoms with Gasteiger partial charge in [0.15, 0.2) is 0 Å². The summed E-state index contributed by atoms with van der Waals surface area (Å²) in [5.74, 6) is -1.60. The van der Waals surface area contributed by atoms with E-state index in [0.29, 0.717) is 57.0 Å². The van der Waals surface area contributed by atoms with Crippen LogP contribution in [0, 0.1) is 11.8 Å². The van der Waals surface area contributed by atoms with Crippen LogP contribution >= 0.6 is 0 Å². The Kier molecular flexibility index (Phi) is 18.7. The number of carbonyl (C=O) groups excluding carboxylic acids is 3. The summed E-state index contributed by atoms with van der Waals surface area (Å²) in [4.78, 5) is 50.8. The van der Waals surface area contributed by atoms with E-state index < -0.39 is 36.1 Å². The minimum Gasteiger partial charge on any atom is -0.447 e. The number of aromatic amines is 1. The number of nitrogens with zero attached hydrogens (tertiary/aromatic N) is 2. The number of fused-ring (bicyclic) bond motifs is 1. The molecule has 5 N–H and O–H groups in total. The average Bonchev–Trinajstić information content (AvgIpc) is 3.64.